The summed E-state index contributed by atoms with van der Waals surface area (Å²) >= 11 is 0. The molecule has 0 spiro atoms. The fourth-order valence-corrected chi connectivity index (χ4v) is 1.15. The number of nitrogens with two attached hydrogens (primary N) is 1. The number of anilines is 1. The Morgan fingerprint density at radius 3 is 2.88 bits per heavy atom. The topological polar surface area (TPSA) is 73.6 Å². The van der Waals surface area contributed by atoms with Crippen LogP contribution in [0.1, 0.15) is 0 Å². The molecule has 0 unspecified atom stereocenters. The van der Waals surface area contributed by atoms with Crippen LogP contribution in [0.25, 0.3) is 0 Å². The zero-order valence-corrected chi connectivity index (χ0v) is 9.23. The lowest BCUT2D eigenvalue weighted by Crippen LogP contribution is -2.30. The molecule has 88 valence electrons. The van der Waals surface area contributed by atoms with Crippen LogP contribution in [-0.2, 0) is 9.53 Å². The van der Waals surface area contributed by atoms with E-state index >= 15 is 0 Å². The molecular formula is C11H16N2O3. The highest BCUT2D eigenvalue weighted by molar-refractivity contribution is 5.77. The summed E-state index contributed by atoms with van der Waals surface area (Å²) in [6.07, 6.45) is 0. The van der Waals surface area contributed by atoms with Crippen molar-refractivity contribution in [3.8, 4) is 5.75 Å². The van der Waals surface area contributed by atoms with Crippen molar-refractivity contribution in [1.29, 1.82) is 0 Å². The molecule has 1 rings (SSSR count). The SMILES string of the molecule is COCC(=O)NCCOc1ccccc1N. The largest absolute Gasteiger partial charge is 0.490 e. The van der Waals surface area contributed by atoms with E-state index in [0.29, 0.717) is 24.6 Å². The molecule has 0 bridgehead atoms. The minimum absolute atomic E-state index is 0.0630. The van der Waals surface area contributed by atoms with Gasteiger partial charge in [0.1, 0.15) is 19.0 Å². The van der Waals surface area contributed by atoms with Crippen molar-refractivity contribution in [2.75, 3.05) is 32.6 Å². The lowest BCUT2D eigenvalue weighted by molar-refractivity contribution is -0.124. The molecule has 0 aliphatic heterocycles. The Balaban J connectivity index is 2.21. The number of hydrogen-bond donors (Lipinski definition) is 2. The molecule has 1 amide bonds. The van der Waals surface area contributed by atoms with Crippen LogP contribution in [0.3, 0.4) is 0 Å². The smallest absolute Gasteiger partial charge is 0.246 e. The summed E-state index contributed by atoms with van der Waals surface area (Å²) in [5.74, 6) is 0.468. The molecular weight excluding hydrogens is 208 g/mol. The molecule has 5 nitrogen and oxygen atoms in total. The number of amides is 1. The van der Waals surface area contributed by atoms with Crippen molar-refractivity contribution in [3.63, 3.8) is 0 Å². The Kier molecular flexibility index (Phi) is 5.15. The normalized spacial score (nSPS) is 9.81. The molecule has 0 fully saturated rings. The predicted molar refractivity (Wildman–Crippen MR) is 61.2 cm³/mol. The number of ether oxygens (including phenoxy) is 2. The molecule has 0 saturated heterocycles. The second kappa shape index (κ2) is 6.68. The monoisotopic (exact) mass is 224 g/mol. The highest BCUT2D eigenvalue weighted by Gasteiger charge is 2.00. The van der Waals surface area contributed by atoms with Gasteiger partial charge in [-0.1, -0.05) is 12.1 Å². The van der Waals surface area contributed by atoms with Gasteiger partial charge in [0, 0.05) is 7.11 Å². The Labute approximate surface area is 94.5 Å². The number of carbonyl (C=O) groups is 1. The second-order valence-electron chi connectivity index (χ2n) is 3.17. The Bertz CT molecular complexity index is 342. The fraction of sp³-hybridized carbons (Fsp3) is 0.364. The van der Waals surface area contributed by atoms with Crippen LogP contribution in [-0.4, -0.2) is 32.8 Å². The minimum atomic E-state index is -0.160. The van der Waals surface area contributed by atoms with Crippen LogP contribution in [0.2, 0.25) is 0 Å². The van der Waals surface area contributed by atoms with E-state index in [1.807, 2.05) is 12.1 Å². The van der Waals surface area contributed by atoms with Gasteiger partial charge in [-0.25, -0.2) is 0 Å². The number of rotatable bonds is 6. The highest BCUT2D eigenvalue weighted by atomic mass is 16.5. The van der Waals surface area contributed by atoms with Crippen molar-refractivity contribution >= 4 is 11.6 Å². The number of methoxy groups -OCH3 is 1. The summed E-state index contributed by atoms with van der Waals surface area (Å²) in [7, 11) is 1.47. The summed E-state index contributed by atoms with van der Waals surface area (Å²) in [5.41, 5.74) is 6.27. The predicted octanol–water partition coefficient (Wildman–Crippen LogP) is 0.410. The summed E-state index contributed by atoms with van der Waals surface area (Å²) in [6.45, 7) is 0.869. The third-order valence-corrected chi connectivity index (χ3v) is 1.88. The molecule has 0 atom stereocenters. The molecule has 16 heavy (non-hydrogen) atoms. The van der Waals surface area contributed by atoms with Crippen LogP contribution < -0.4 is 15.8 Å². The standard InChI is InChI=1S/C11H16N2O3/c1-15-8-11(14)13-6-7-16-10-5-3-2-4-9(10)12/h2-5H,6-8,12H2,1H3,(H,13,14). The molecule has 0 saturated carbocycles. The molecule has 0 heterocycles. The summed E-state index contributed by atoms with van der Waals surface area (Å²) < 4.78 is 10.0. The van der Waals surface area contributed by atoms with Crippen molar-refractivity contribution in [2.45, 2.75) is 0 Å². The maximum Gasteiger partial charge on any atom is 0.246 e. The van der Waals surface area contributed by atoms with Crippen molar-refractivity contribution in [1.82, 2.24) is 5.32 Å². The van der Waals surface area contributed by atoms with Gasteiger partial charge in [-0.2, -0.15) is 0 Å². The summed E-state index contributed by atoms with van der Waals surface area (Å²) in [5, 5.41) is 2.64. The first-order chi connectivity index (χ1) is 7.74. The van der Waals surface area contributed by atoms with E-state index in [-0.39, 0.29) is 12.5 Å². The van der Waals surface area contributed by atoms with Crippen molar-refractivity contribution in [2.24, 2.45) is 0 Å². The maximum atomic E-state index is 11.0. The number of nitrogens with one attached hydrogen (secondary N) is 1. The highest BCUT2D eigenvalue weighted by Crippen LogP contribution is 2.19. The Morgan fingerprint density at radius 2 is 2.19 bits per heavy atom. The van der Waals surface area contributed by atoms with Crippen LogP contribution in [0.5, 0.6) is 5.75 Å². The van der Waals surface area contributed by atoms with E-state index in [1.165, 1.54) is 7.11 Å². The molecule has 0 aromatic heterocycles. The maximum absolute atomic E-state index is 11.0. The second-order valence-corrected chi connectivity index (χ2v) is 3.17. The first-order valence-electron chi connectivity index (χ1n) is 4.97. The van der Waals surface area contributed by atoms with E-state index in [2.05, 4.69) is 10.1 Å². The summed E-state index contributed by atoms with van der Waals surface area (Å²) in [6, 6.07) is 7.23. The average Bonchev–Trinajstić information content (AvgIpc) is 2.27. The third kappa shape index (κ3) is 4.18. The Morgan fingerprint density at radius 1 is 1.44 bits per heavy atom. The average molecular weight is 224 g/mol. The lowest BCUT2D eigenvalue weighted by Gasteiger charge is -2.09. The zero-order chi connectivity index (χ0) is 11.8. The lowest BCUT2D eigenvalue weighted by atomic mass is 10.3. The van der Waals surface area contributed by atoms with Gasteiger partial charge in [0.2, 0.25) is 5.91 Å². The van der Waals surface area contributed by atoms with Gasteiger partial charge >= 0.3 is 0 Å². The van der Waals surface area contributed by atoms with Gasteiger partial charge in [-0.05, 0) is 12.1 Å². The van der Waals surface area contributed by atoms with Crippen LogP contribution >= 0.6 is 0 Å². The number of benzene rings is 1. The molecule has 5 heteroatoms. The number of hydrogen-bond acceptors (Lipinski definition) is 4. The first kappa shape index (κ1) is 12.3. The number of nitrogen functional groups attached to an aromatic ring is 1. The molecule has 0 radical (unpaired) electrons. The van der Waals surface area contributed by atoms with Gasteiger partial charge in [0.25, 0.3) is 0 Å². The van der Waals surface area contributed by atoms with Crippen LogP contribution in [0.4, 0.5) is 5.69 Å². The van der Waals surface area contributed by atoms with Crippen molar-refractivity contribution in [3.05, 3.63) is 24.3 Å². The van der Waals surface area contributed by atoms with Gasteiger partial charge in [-0.3, -0.25) is 4.79 Å². The van der Waals surface area contributed by atoms with Gasteiger partial charge in [0.15, 0.2) is 0 Å². The van der Waals surface area contributed by atoms with E-state index in [9.17, 15) is 4.79 Å². The van der Waals surface area contributed by atoms with Gasteiger partial charge < -0.3 is 20.5 Å². The van der Waals surface area contributed by atoms with Gasteiger partial charge in [0.05, 0.1) is 12.2 Å². The molecule has 1 aromatic carbocycles. The number of para-hydroxylation sites is 2. The van der Waals surface area contributed by atoms with E-state index in [4.69, 9.17) is 10.5 Å². The quantitative estimate of drug-likeness (QED) is 0.542. The van der Waals surface area contributed by atoms with Crippen LogP contribution in [0, 0.1) is 0 Å². The zero-order valence-electron chi connectivity index (χ0n) is 9.23. The van der Waals surface area contributed by atoms with E-state index < -0.39 is 0 Å². The van der Waals surface area contributed by atoms with Crippen LogP contribution in [0.15, 0.2) is 24.3 Å². The van der Waals surface area contributed by atoms with E-state index in [0.717, 1.165) is 0 Å². The minimum Gasteiger partial charge on any atom is -0.490 e. The Hall–Kier alpha value is -1.75. The molecule has 0 aliphatic carbocycles. The summed E-state index contributed by atoms with van der Waals surface area (Å²) in [4.78, 5) is 11.0. The van der Waals surface area contributed by atoms with E-state index in [1.54, 1.807) is 12.1 Å². The molecule has 1 aromatic rings. The number of carbonyl (C=O) groups excluding carboxylic acids is 1. The molecule has 3 N–H and O–H groups in total. The molecule has 0 aliphatic rings. The third-order valence-electron chi connectivity index (χ3n) is 1.88. The fourth-order valence-electron chi connectivity index (χ4n) is 1.15. The van der Waals surface area contributed by atoms with Crippen molar-refractivity contribution < 1.29 is 14.3 Å². The van der Waals surface area contributed by atoms with Gasteiger partial charge in [-0.15, -0.1) is 0 Å². The first-order valence-corrected chi connectivity index (χ1v) is 4.97.